The first kappa shape index (κ1) is 12.5. The fraction of sp³-hybridized carbons (Fsp3) is 0.538. The molecule has 17 heavy (non-hydrogen) atoms. The first-order valence-corrected chi connectivity index (χ1v) is 6.14. The van der Waals surface area contributed by atoms with Crippen LogP contribution in [0.2, 0.25) is 0 Å². The van der Waals surface area contributed by atoms with E-state index in [1.54, 1.807) is 0 Å². The van der Waals surface area contributed by atoms with Gasteiger partial charge in [0.25, 0.3) is 0 Å². The molecule has 1 N–H and O–H groups in total. The summed E-state index contributed by atoms with van der Waals surface area (Å²) in [5.41, 5.74) is 4.22. The number of nitrogens with zero attached hydrogens (tertiary/aromatic N) is 1. The molecule has 1 aromatic rings. The van der Waals surface area contributed by atoms with Crippen LogP contribution < -0.4 is 5.48 Å². The Hall–Kier alpha value is -0.940. The highest BCUT2D eigenvalue weighted by molar-refractivity contribution is 5.13. The largest absolute Gasteiger partial charge is 0.379 e. The summed E-state index contributed by atoms with van der Waals surface area (Å²) in [4.78, 5) is 7.76. The summed E-state index contributed by atoms with van der Waals surface area (Å²) in [6.45, 7) is 6.15. The average molecular weight is 236 g/mol. The number of hydroxylamine groups is 1. The molecule has 4 nitrogen and oxygen atoms in total. The summed E-state index contributed by atoms with van der Waals surface area (Å²) in [6.07, 6.45) is 0. The molecule has 4 heteroatoms. The van der Waals surface area contributed by atoms with E-state index in [2.05, 4.69) is 22.5 Å². The maximum Gasteiger partial charge on any atom is 0.0809 e. The summed E-state index contributed by atoms with van der Waals surface area (Å²) in [7, 11) is 0. The molecular formula is C13H20N2O2. The van der Waals surface area contributed by atoms with E-state index in [1.807, 2.05) is 18.2 Å². The number of hydrogen-bond acceptors (Lipinski definition) is 4. The van der Waals surface area contributed by atoms with Crippen LogP contribution >= 0.6 is 0 Å². The van der Waals surface area contributed by atoms with Gasteiger partial charge < -0.3 is 9.57 Å². The highest BCUT2D eigenvalue weighted by Crippen LogP contribution is 1.98. The lowest BCUT2D eigenvalue weighted by atomic mass is 10.2. The summed E-state index contributed by atoms with van der Waals surface area (Å²) in [5, 5.41) is 0. The van der Waals surface area contributed by atoms with Crippen LogP contribution in [0.1, 0.15) is 5.56 Å². The van der Waals surface area contributed by atoms with Gasteiger partial charge in [0.15, 0.2) is 0 Å². The van der Waals surface area contributed by atoms with Crippen molar-refractivity contribution in [3.63, 3.8) is 0 Å². The van der Waals surface area contributed by atoms with E-state index >= 15 is 0 Å². The van der Waals surface area contributed by atoms with Crippen molar-refractivity contribution in [2.75, 3.05) is 39.5 Å². The van der Waals surface area contributed by atoms with Crippen LogP contribution in [0.15, 0.2) is 30.3 Å². The van der Waals surface area contributed by atoms with Crippen LogP contribution in [-0.2, 0) is 16.1 Å². The highest BCUT2D eigenvalue weighted by Gasteiger charge is 2.09. The molecule has 94 valence electrons. The molecule has 0 aromatic heterocycles. The maximum atomic E-state index is 5.41. The van der Waals surface area contributed by atoms with Crippen molar-refractivity contribution in [2.24, 2.45) is 0 Å². The number of morpholine rings is 1. The third-order valence-electron chi connectivity index (χ3n) is 2.83. The van der Waals surface area contributed by atoms with Gasteiger partial charge in [-0.25, -0.2) is 0 Å². The average Bonchev–Trinajstić information content (AvgIpc) is 2.41. The van der Waals surface area contributed by atoms with E-state index < -0.39 is 0 Å². The maximum absolute atomic E-state index is 5.41. The SMILES string of the molecule is c1ccc(CNOCCN2CCOCC2)cc1. The van der Waals surface area contributed by atoms with Crippen molar-refractivity contribution in [1.29, 1.82) is 0 Å². The molecule has 0 amide bonds. The first-order valence-electron chi connectivity index (χ1n) is 6.14. The zero-order chi connectivity index (χ0) is 11.8. The smallest absolute Gasteiger partial charge is 0.0809 e. The van der Waals surface area contributed by atoms with Gasteiger partial charge in [-0.15, -0.1) is 0 Å². The van der Waals surface area contributed by atoms with Gasteiger partial charge in [0.1, 0.15) is 0 Å². The second kappa shape index (κ2) is 7.40. The zero-order valence-corrected chi connectivity index (χ0v) is 10.1. The molecule has 0 saturated carbocycles. The Morgan fingerprint density at radius 1 is 1.18 bits per heavy atom. The lowest BCUT2D eigenvalue weighted by Gasteiger charge is -2.26. The molecule has 0 unspecified atom stereocenters. The van der Waals surface area contributed by atoms with Crippen LogP contribution in [0.5, 0.6) is 0 Å². The van der Waals surface area contributed by atoms with Crippen molar-refractivity contribution >= 4 is 0 Å². The number of benzene rings is 1. The topological polar surface area (TPSA) is 33.7 Å². The second-order valence-electron chi connectivity index (χ2n) is 4.11. The van der Waals surface area contributed by atoms with E-state index in [0.29, 0.717) is 6.61 Å². The molecule has 0 radical (unpaired) electrons. The first-order chi connectivity index (χ1) is 8.45. The van der Waals surface area contributed by atoms with Crippen LogP contribution in [-0.4, -0.2) is 44.4 Å². The Labute approximate surface area is 102 Å². The molecule has 0 spiro atoms. The van der Waals surface area contributed by atoms with E-state index in [1.165, 1.54) is 5.56 Å². The van der Waals surface area contributed by atoms with E-state index in [-0.39, 0.29) is 0 Å². The molecule has 2 rings (SSSR count). The van der Waals surface area contributed by atoms with Gasteiger partial charge in [-0.2, -0.15) is 5.48 Å². The highest BCUT2D eigenvalue weighted by atomic mass is 16.6. The molecule has 0 aliphatic carbocycles. The molecule has 1 aliphatic rings. The lowest BCUT2D eigenvalue weighted by molar-refractivity contribution is -0.00653. The van der Waals surface area contributed by atoms with Gasteiger partial charge in [-0.3, -0.25) is 4.90 Å². The minimum atomic E-state index is 0.715. The number of hydrogen-bond donors (Lipinski definition) is 1. The van der Waals surface area contributed by atoms with Crippen molar-refractivity contribution < 1.29 is 9.57 Å². The summed E-state index contributed by atoms with van der Waals surface area (Å²) in [5.74, 6) is 0. The van der Waals surface area contributed by atoms with Gasteiger partial charge in [0.05, 0.1) is 19.8 Å². The molecule has 1 fully saturated rings. The van der Waals surface area contributed by atoms with E-state index in [9.17, 15) is 0 Å². The Bertz CT molecular complexity index is 300. The van der Waals surface area contributed by atoms with E-state index in [4.69, 9.17) is 9.57 Å². The molecule has 1 saturated heterocycles. The monoisotopic (exact) mass is 236 g/mol. The van der Waals surface area contributed by atoms with E-state index in [0.717, 1.165) is 39.4 Å². The summed E-state index contributed by atoms with van der Waals surface area (Å²) >= 11 is 0. The molecule has 0 atom stereocenters. The zero-order valence-electron chi connectivity index (χ0n) is 10.1. The van der Waals surface area contributed by atoms with Crippen LogP contribution in [0.3, 0.4) is 0 Å². The molecular weight excluding hydrogens is 216 g/mol. The van der Waals surface area contributed by atoms with Crippen molar-refractivity contribution in [2.45, 2.75) is 6.54 Å². The van der Waals surface area contributed by atoms with Gasteiger partial charge in [0.2, 0.25) is 0 Å². The fourth-order valence-electron chi connectivity index (χ4n) is 1.80. The minimum absolute atomic E-state index is 0.715. The van der Waals surface area contributed by atoms with Crippen molar-refractivity contribution in [3.05, 3.63) is 35.9 Å². The normalized spacial score (nSPS) is 17.2. The predicted molar refractivity (Wildman–Crippen MR) is 66.5 cm³/mol. The van der Waals surface area contributed by atoms with Crippen LogP contribution in [0.25, 0.3) is 0 Å². The van der Waals surface area contributed by atoms with Gasteiger partial charge in [-0.05, 0) is 5.56 Å². The predicted octanol–water partition coefficient (Wildman–Crippen LogP) is 1.04. The summed E-state index contributed by atoms with van der Waals surface area (Å²) in [6, 6.07) is 10.2. The Kier molecular flexibility index (Phi) is 5.45. The number of nitrogens with one attached hydrogen (secondary N) is 1. The third-order valence-corrected chi connectivity index (χ3v) is 2.83. The number of ether oxygens (including phenoxy) is 1. The molecule has 1 aliphatic heterocycles. The van der Waals surface area contributed by atoms with Gasteiger partial charge in [-0.1, -0.05) is 30.3 Å². The molecule has 0 bridgehead atoms. The lowest BCUT2D eigenvalue weighted by Crippen LogP contribution is -2.38. The van der Waals surface area contributed by atoms with Crippen molar-refractivity contribution in [1.82, 2.24) is 10.4 Å². The Balaban J connectivity index is 1.51. The summed E-state index contributed by atoms with van der Waals surface area (Å²) < 4.78 is 5.29. The van der Waals surface area contributed by atoms with Crippen LogP contribution in [0, 0.1) is 0 Å². The standard InChI is InChI=1S/C13H20N2O2/c1-2-4-13(5-3-1)12-14-17-11-8-15-6-9-16-10-7-15/h1-5,14H,6-12H2. The third kappa shape index (κ3) is 4.83. The van der Waals surface area contributed by atoms with Gasteiger partial charge >= 0.3 is 0 Å². The van der Waals surface area contributed by atoms with Crippen LogP contribution in [0.4, 0.5) is 0 Å². The fourth-order valence-corrected chi connectivity index (χ4v) is 1.80. The van der Waals surface area contributed by atoms with Gasteiger partial charge in [0, 0.05) is 26.2 Å². The second-order valence-corrected chi connectivity index (χ2v) is 4.11. The molecule has 1 heterocycles. The van der Waals surface area contributed by atoms with Crippen molar-refractivity contribution in [3.8, 4) is 0 Å². The Morgan fingerprint density at radius 3 is 2.71 bits per heavy atom. The quantitative estimate of drug-likeness (QED) is 0.591. The minimum Gasteiger partial charge on any atom is -0.379 e. The number of rotatable bonds is 6. The Morgan fingerprint density at radius 2 is 1.94 bits per heavy atom. The molecule has 1 aromatic carbocycles.